The van der Waals surface area contributed by atoms with Crippen molar-refractivity contribution in [1.82, 2.24) is 15.3 Å². The molecule has 0 unspecified atom stereocenters. The predicted molar refractivity (Wildman–Crippen MR) is 51.6 cm³/mol. The van der Waals surface area contributed by atoms with Crippen molar-refractivity contribution in [2.75, 3.05) is 13.1 Å². The molecule has 0 bridgehead atoms. The molecule has 3 nitrogen and oxygen atoms in total. The van der Waals surface area contributed by atoms with E-state index in [0.29, 0.717) is 5.92 Å². The summed E-state index contributed by atoms with van der Waals surface area (Å²) in [5.74, 6) is 0.571. The van der Waals surface area contributed by atoms with Crippen molar-refractivity contribution in [2.45, 2.75) is 25.7 Å². The van der Waals surface area contributed by atoms with Crippen LogP contribution in [0.15, 0.2) is 12.4 Å². The zero-order chi connectivity index (χ0) is 9.10. The molecule has 1 atom stereocenters. The molecule has 0 aliphatic carbocycles. The minimum Gasteiger partial charge on any atom is -0.316 e. The van der Waals surface area contributed by atoms with Crippen molar-refractivity contribution in [1.29, 1.82) is 0 Å². The summed E-state index contributed by atoms with van der Waals surface area (Å²) in [6.07, 6.45) is 6.19. The Morgan fingerprint density at radius 1 is 1.46 bits per heavy atom. The van der Waals surface area contributed by atoms with E-state index in [1.165, 1.54) is 12.8 Å². The van der Waals surface area contributed by atoms with Gasteiger partial charge in [0, 0.05) is 24.9 Å². The monoisotopic (exact) mass is 177 g/mol. The number of piperidine rings is 1. The Bertz CT molecular complexity index is 279. The Morgan fingerprint density at radius 3 is 3.08 bits per heavy atom. The highest BCUT2D eigenvalue weighted by Crippen LogP contribution is 2.20. The summed E-state index contributed by atoms with van der Waals surface area (Å²) in [6.45, 7) is 4.20. The van der Waals surface area contributed by atoms with E-state index < -0.39 is 0 Å². The number of rotatable bonds is 1. The molecule has 2 rings (SSSR count). The van der Waals surface area contributed by atoms with Gasteiger partial charge in [-0.2, -0.15) is 0 Å². The fourth-order valence-electron chi connectivity index (χ4n) is 1.78. The van der Waals surface area contributed by atoms with Crippen LogP contribution in [-0.2, 0) is 0 Å². The molecule has 1 N–H and O–H groups in total. The Labute approximate surface area is 78.6 Å². The molecular weight excluding hydrogens is 162 g/mol. The molecule has 0 amide bonds. The minimum absolute atomic E-state index is 0.571. The Morgan fingerprint density at radius 2 is 2.38 bits per heavy atom. The smallest absolute Gasteiger partial charge is 0.0633 e. The summed E-state index contributed by atoms with van der Waals surface area (Å²) in [6, 6.07) is 0. The van der Waals surface area contributed by atoms with Crippen LogP contribution in [0.5, 0.6) is 0 Å². The average Bonchev–Trinajstić information content (AvgIpc) is 2.19. The SMILES string of the molecule is Cc1cncc([C@@H]2CCCNC2)n1. The fraction of sp³-hybridized carbons (Fsp3) is 0.600. The van der Waals surface area contributed by atoms with Gasteiger partial charge < -0.3 is 5.32 Å². The second-order valence-corrected chi connectivity index (χ2v) is 3.63. The highest BCUT2D eigenvalue weighted by atomic mass is 14.9. The number of hydrogen-bond donors (Lipinski definition) is 1. The second kappa shape index (κ2) is 3.83. The lowest BCUT2D eigenvalue weighted by molar-refractivity contribution is 0.453. The molecule has 0 saturated carbocycles. The third-order valence-corrected chi connectivity index (χ3v) is 2.49. The summed E-state index contributed by atoms with van der Waals surface area (Å²) < 4.78 is 0. The van der Waals surface area contributed by atoms with E-state index in [2.05, 4.69) is 15.3 Å². The van der Waals surface area contributed by atoms with Crippen LogP contribution in [0.1, 0.15) is 30.1 Å². The van der Waals surface area contributed by atoms with Gasteiger partial charge in [0.1, 0.15) is 0 Å². The summed E-state index contributed by atoms with van der Waals surface area (Å²) in [7, 11) is 0. The lowest BCUT2D eigenvalue weighted by atomic mass is 9.96. The number of aromatic nitrogens is 2. The van der Waals surface area contributed by atoms with Crippen LogP contribution >= 0.6 is 0 Å². The first-order valence-corrected chi connectivity index (χ1v) is 4.85. The number of aryl methyl sites for hydroxylation is 1. The molecule has 1 saturated heterocycles. The number of nitrogens with zero attached hydrogens (tertiary/aromatic N) is 2. The van der Waals surface area contributed by atoms with E-state index in [1.54, 1.807) is 6.20 Å². The molecule has 0 aromatic carbocycles. The summed E-state index contributed by atoms with van der Waals surface area (Å²) in [5, 5.41) is 3.38. The first kappa shape index (κ1) is 8.63. The zero-order valence-corrected chi connectivity index (χ0v) is 7.95. The van der Waals surface area contributed by atoms with Crippen molar-refractivity contribution < 1.29 is 0 Å². The number of nitrogens with one attached hydrogen (secondary N) is 1. The van der Waals surface area contributed by atoms with Crippen molar-refractivity contribution in [3.63, 3.8) is 0 Å². The summed E-state index contributed by atoms with van der Waals surface area (Å²) >= 11 is 0. The average molecular weight is 177 g/mol. The van der Waals surface area contributed by atoms with Crippen LogP contribution in [0.4, 0.5) is 0 Å². The molecule has 2 heterocycles. The molecule has 70 valence electrons. The van der Waals surface area contributed by atoms with Gasteiger partial charge in [-0.3, -0.25) is 9.97 Å². The van der Waals surface area contributed by atoms with Gasteiger partial charge in [0.2, 0.25) is 0 Å². The van der Waals surface area contributed by atoms with Gasteiger partial charge in [0.05, 0.1) is 11.4 Å². The van der Waals surface area contributed by atoms with Crippen LogP contribution in [0.2, 0.25) is 0 Å². The molecule has 1 fully saturated rings. The first-order valence-electron chi connectivity index (χ1n) is 4.85. The van der Waals surface area contributed by atoms with E-state index in [1.807, 2.05) is 13.1 Å². The number of hydrogen-bond acceptors (Lipinski definition) is 3. The van der Waals surface area contributed by atoms with Crippen molar-refractivity contribution in [3.05, 3.63) is 23.8 Å². The van der Waals surface area contributed by atoms with E-state index >= 15 is 0 Å². The van der Waals surface area contributed by atoms with Crippen molar-refractivity contribution in [3.8, 4) is 0 Å². The van der Waals surface area contributed by atoms with E-state index in [0.717, 1.165) is 24.5 Å². The summed E-state index contributed by atoms with van der Waals surface area (Å²) in [5.41, 5.74) is 2.16. The molecule has 1 aromatic rings. The van der Waals surface area contributed by atoms with Gasteiger partial charge in [-0.1, -0.05) is 0 Å². The topological polar surface area (TPSA) is 37.8 Å². The molecule has 1 aliphatic rings. The lowest BCUT2D eigenvalue weighted by Crippen LogP contribution is -2.28. The lowest BCUT2D eigenvalue weighted by Gasteiger charge is -2.21. The molecule has 0 spiro atoms. The third-order valence-electron chi connectivity index (χ3n) is 2.49. The van der Waals surface area contributed by atoms with E-state index in [4.69, 9.17) is 0 Å². The minimum atomic E-state index is 0.571. The maximum atomic E-state index is 4.49. The second-order valence-electron chi connectivity index (χ2n) is 3.63. The maximum Gasteiger partial charge on any atom is 0.0633 e. The van der Waals surface area contributed by atoms with Gasteiger partial charge in [-0.05, 0) is 26.3 Å². The molecular formula is C10H15N3. The first-order chi connectivity index (χ1) is 6.36. The van der Waals surface area contributed by atoms with Crippen LogP contribution in [0.25, 0.3) is 0 Å². The van der Waals surface area contributed by atoms with Gasteiger partial charge in [-0.15, -0.1) is 0 Å². The van der Waals surface area contributed by atoms with E-state index in [9.17, 15) is 0 Å². The Balaban J connectivity index is 2.14. The van der Waals surface area contributed by atoms with Crippen LogP contribution in [0, 0.1) is 6.92 Å². The third kappa shape index (κ3) is 2.04. The predicted octanol–water partition coefficient (Wildman–Crippen LogP) is 1.25. The molecule has 0 radical (unpaired) electrons. The van der Waals surface area contributed by atoms with Crippen LogP contribution in [0.3, 0.4) is 0 Å². The molecule has 13 heavy (non-hydrogen) atoms. The van der Waals surface area contributed by atoms with E-state index in [-0.39, 0.29) is 0 Å². The highest BCUT2D eigenvalue weighted by molar-refractivity contribution is 5.08. The largest absolute Gasteiger partial charge is 0.316 e. The maximum absolute atomic E-state index is 4.49. The Kier molecular flexibility index (Phi) is 2.54. The van der Waals surface area contributed by atoms with Crippen molar-refractivity contribution >= 4 is 0 Å². The fourth-order valence-corrected chi connectivity index (χ4v) is 1.78. The molecule has 1 aromatic heterocycles. The molecule has 3 heteroatoms. The standard InChI is InChI=1S/C10H15N3/c1-8-5-12-7-10(13-8)9-3-2-4-11-6-9/h5,7,9,11H,2-4,6H2,1H3/t9-/m1/s1. The molecule has 1 aliphatic heterocycles. The van der Waals surface area contributed by atoms with Crippen LogP contribution in [-0.4, -0.2) is 23.1 Å². The normalized spacial score (nSPS) is 23.0. The summed E-state index contributed by atoms with van der Waals surface area (Å²) in [4.78, 5) is 8.66. The van der Waals surface area contributed by atoms with Gasteiger partial charge >= 0.3 is 0 Å². The zero-order valence-electron chi connectivity index (χ0n) is 7.95. The van der Waals surface area contributed by atoms with Crippen LogP contribution < -0.4 is 5.32 Å². The highest BCUT2D eigenvalue weighted by Gasteiger charge is 2.16. The van der Waals surface area contributed by atoms with Crippen molar-refractivity contribution in [2.24, 2.45) is 0 Å². The van der Waals surface area contributed by atoms with Gasteiger partial charge in [-0.25, -0.2) is 0 Å². The Hall–Kier alpha value is -0.960. The quantitative estimate of drug-likeness (QED) is 0.701. The van der Waals surface area contributed by atoms with Gasteiger partial charge in [0.25, 0.3) is 0 Å². The van der Waals surface area contributed by atoms with Gasteiger partial charge in [0.15, 0.2) is 0 Å².